The predicted octanol–water partition coefficient (Wildman–Crippen LogP) is 4.64. The molecular formula is C17H20O. The molecule has 1 aromatic carbocycles. The molecule has 1 aromatic rings. The lowest BCUT2D eigenvalue weighted by Gasteiger charge is -2.25. The van der Waals surface area contributed by atoms with Crippen molar-refractivity contribution in [2.45, 2.75) is 50.9 Å². The maximum Gasteiger partial charge on any atom is 0.188 e. The van der Waals surface area contributed by atoms with E-state index in [4.69, 9.17) is 0 Å². The van der Waals surface area contributed by atoms with Crippen molar-refractivity contribution in [3.63, 3.8) is 0 Å². The number of benzene rings is 1. The van der Waals surface area contributed by atoms with Gasteiger partial charge in [-0.15, -0.1) is 0 Å². The summed E-state index contributed by atoms with van der Waals surface area (Å²) in [5.41, 5.74) is 3.30. The number of hydrogen-bond acceptors (Lipinski definition) is 1. The Hall–Kier alpha value is -1.37. The van der Waals surface area contributed by atoms with Crippen molar-refractivity contribution in [3.05, 3.63) is 47.0 Å². The normalized spacial score (nSPS) is 20.1. The lowest BCUT2D eigenvalue weighted by Crippen LogP contribution is -2.10. The third-order valence-electron chi connectivity index (χ3n) is 4.33. The number of carbonyl (C=O) groups is 1. The fourth-order valence-corrected chi connectivity index (χ4v) is 2.88. The van der Waals surface area contributed by atoms with Gasteiger partial charge in [-0.05, 0) is 55.6 Å². The van der Waals surface area contributed by atoms with Gasteiger partial charge in [0, 0.05) is 5.56 Å². The molecule has 0 bridgehead atoms. The van der Waals surface area contributed by atoms with Crippen molar-refractivity contribution in [3.8, 4) is 0 Å². The molecule has 1 fully saturated rings. The topological polar surface area (TPSA) is 17.1 Å². The van der Waals surface area contributed by atoms with Crippen LogP contribution in [0.4, 0.5) is 0 Å². The van der Waals surface area contributed by atoms with Crippen LogP contribution in [0.5, 0.6) is 0 Å². The van der Waals surface area contributed by atoms with Gasteiger partial charge in [0.15, 0.2) is 5.78 Å². The summed E-state index contributed by atoms with van der Waals surface area (Å²) in [6.45, 7) is 0. The van der Waals surface area contributed by atoms with E-state index in [0.717, 1.165) is 36.3 Å². The molecule has 0 atom stereocenters. The van der Waals surface area contributed by atoms with E-state index in [-0.39, 0.29) is 5.78 Å². The predicted molar refractivity (Wildman–Crippen MR) is 73.9 cm³/mol. The first-order chi connectivity index (χ1) is 8.84. The van der Waals surface area contributed by atoms with Crippen molar-refractivity contribution >= 4 is 5.78 Å². The van der Waals surface area contributed by atoms with Crippen LogP contribution in [0.25, 0.3) is 0 Å². The minimum Gasteiger partial charge on any atom is -0.289 e. The van der Waals surface area contributed by atoms with E-state index in [1.165, 1.54) is 31.2 Å². The Labute approximate surface area is 109 Å². The number of rotatable bonds is 3. The van der Waals surface area contributed by atoms with Crippen LogP contribution in [0, 0.1) is 0 Å². The Morgan fingerprint density at radius 3 is 2.33 bits per heavy atom. The maximum atomic E-state index is 12.3. The molecule has 18 heavy (non-hydrogen) atoms. The molecule has 0 N–H and O–H groups in total. The monoisotopic (exact) mass is 240 g/mol. The van der Waals surface area contributed by atoms with Gasteiger partial charge in [0.25, 0.3) is 0 Å². The summed E-state index contributed by atoms with van der Waals surface area (Å²) in [5.74, 6) is 0.998. The van der Waals surface area contributed by atoms with Crippen LogP contribution in [-0.2, 0) is 0 Å². The first kappa shape index (κ1) is 11.7. The van der Waals surface area contributed by atoms with Gasteiger partial charge >= 0.3 is 0 Å². The number of hydrogen-bond donors (Lipinski definition) is 0. The second-order valence-corrected chi connectivity index (χ2v) is 5.55. The van der Waals surface area contributed by atoms with Crippen LogP contribution in [-0.4, -0.2) is 5.78 Å². The Balaban J connectivity index is 1.75. The van der Waals surface area contributed by atoms with Crippen molar-refractivity contribution in [1.82, 2.24) is 0 Å². The van der Waals surface area contributed by atoms with E-state index in [2.05, 4.69) is 18.2 Å². The van der Waals surface area contributed by atoms with Crippen LogP contribution in [0.2, 0.25) is 0 Å². The van der Waals surface area contributed by atoms with Crippen LogP contribution < -0.4 is 0 Å². The highest BCUT2D eigenvalue weighted by Crippen LogP contribution is 2.36. The van der Waals surface area contributed by atoms with E-state index >= 15 is 0 Å². The minimum atomic E-state index is 0.245. The van der Waals surface area contributed by atoms with Crippen molar-refractivity contribution in [2.75, 3.05) is 0 Å². The highest BCUT2D eigenvalue weighted by Gasteiger charge is 2.20. The molecule has 3 rings (SSSR count). The highest BCUT2D eigenvalue weighted by atomic mass is 16.1. The number of ketones is 1. The van der Waals surface area contributed by atoms with Gasteiger partial charge in [-0.25, -0.2) is 0 Å². The molecule has 0 heterocycles. The lowest BCUT2D eigenvalue weighted by atomic mass is 9.79. The van der Waals surface area contributed by atoms with Gasteiger partial charge in [-0.3, -0.25) is 4.79 Å². The summed E-state index contributed by atoms with van der Waals surface area (Å²) in [7, 11) is 0. The molecule has 0 saturated heterocycles. The molecule has 0 aromatic heterocycles. The smallest absolute Gasteiger partial charge is 0.188 e. The van der Waals surface area contributed by atoms with Gasteiger partial charge in [0.1, 0.15) is 0 Å². The molecular weight excluding hydrogens is 220 g/mol. The van der Waals surface area contributed by atoms with Crippen LogP contribution in [0.3, 0.4) is 0 Å². The SMILES string of the molecule is O=C(C1=CCCCC1)c1ccc(C2CCC2)cc1. The highest BCUT2D eigenvalue weighted by molar-refractivity contribution is 6.08. The molecule has 0 spiro atoms. The Kier molecular flexibility index (Phi) is 3.31. The second-order valence-electron chi connectivity index (χ2n) is 5.55. The van der Waals surface area contributed by atoms with Gasteiger partial charge < -0.3 is 0 Å². The average Bonchev–Trinajstić information content (AvgIpc) is 2.38. The quantitative estimate of drug-likeness (QED) is 0.703. The molecule has 1 saturated carbocycles. The fourth-order valence-electron chi connectivity index (χ4n) is 2.88. The average molecular weight is 240 g/mol. The van der Waals surface area contributed by atoms with Crippen LogP contribution >= 0.6 is 0 Å². The zero-order valence-corrected chi connectivity index (χ0v) is 10.8. The zero-order chi connectivity index (χ0) is 12.4. The zero-order valence-electron chi connectivity index (χ0n) is 10.8. The molecule has 2 aliphatic carbocycles. The molecule has 0 radical (unpaired) electrons. The first-order valence-corrected chi connectivity index (χ1v) is 7.18. The molecule has 0 aliphatic heterocycles. The molecule has 2 aliphatic rings. The van der Waals surface area contributed by atoms with Crippen molar-refractivity contribution in [1.29, 1.82) is 0 Å². The van der Waals surface area contributed by atoms with E-state index in [0.29, 0.717) is 0 Å². The van der Waals surface area contributed by atoms with Crippen molar-refractivity contribution in [2.24, 2.45) is 0 Å². The lowest BCUT2D eigenvalue weighted by molar-refractivity contribution is 0.102. The summed E-state index contributed by atoms with van der Waals surface area (Å²) in [6.07, 6.45) is 10.6. The molecule has 0 unspecified atom stereocenters. The van der Waals surface area contributed by atoms with E-state index < -0.39 is 0 Å². The fraction of sp³-hybridized carbons (Fsp3) is 0.471. The van der Waals surface area contributed by atoms with E-state index in [9.17, 15) is 4.79 Å². The third-order valence-corrected chi connectivity index (χ3v) is 4.33. The third kappa shape index (κ3) is 2.27. The molecule has 1 nitrogen and oxygen atoms in total. The van der Waals surface area contributed by atoms with Gasteiger partial charge in [0.2, 0.25) is 0 Å². The molecule has 0 amide bonds. The second kappa shape index (κ2) is 5.09. The summed E-state index contributed by atoms with van der Waals surface area (Å²) in [5, 5.41) is 0. The van der Waals surface area contributed by atoms with Crippen molar-refractivity contribution < 1.29 is 4.79 Å². The number of Topliss-reactive ketones (excluding diaryl/α,β-unsaturated/α-hetero) is 1. The first-order valence-electron chi connectivity index (χ1n) is 7.18. The van der Waals surface area contributed by atoms with E-state index in [1.54, 1.807) is 0 Å². The van der Waals surface area contributed by atoms with Gasteiger partial charge in [-0.1, -0.05) is 36.8 Å². The summed E-state index contributed by atoms with van der Waals surface area (Å²) in [6, 6.07) is 8.34. The Bertz CT molecular complexity index is 463. The Morgan fingerprint density at radius 2 is 1.78 bits per heavy atom. The Morgan fingerprint density at radius 1 is 1.00 bits per heavy atom. The summed E-state index contributed by atoms with van der Waals surface area (Å²) < 4.78 is 0. The summed E-state index contributed by atoms with van der Waals surface area (Å²) in [4.78, 5) is 12.3. The maximum absolute atomic E-state index is 12.3. The van der Waals surface area contributed by atoms with Crippen LogP contribution in [0.1, 0.15) is 66.8 Å². The number of carbonyl (C=O) groups excluding carboxylic acids is 1. The summed E-state index contributed by atoms with van der Waals surface area (Å²) >= 11 is 0. The van der Waals surface area contributed by atoms with E-state index in [1.807, 2.05) is 12.1 Å². The standard InChI is InChI=1S/C17H20O/c18-17(15-5-2-1-3-6-15)16-11-9-14(10-12-16)13-7-4-8-13/h5,9-13H,1-4,6-8H2. The molecule has 1 heteroatoms. The van der Waals surface area contributed by atoms with Gasteiger partial charge in [-0.2, -0.15) is 0 Å². The minimum absolute atomic E-state index is 0.245. The van der Waals surface area contributed by atoms with Gasteiger partial charge in [0.05, 0.1) is 0 Å². The largest absolute Gasteiger partial charge is 0.289 e. The number of allylic oxidation sites excluding steroid dienone is 2. The van der Waals surface area contributed by atoms with Crippen LogP contribution in [0.15, 0.2) is 35.9 Å². The molecule has 94 valence electrons.